The van der Waals surface area contributed by atoms with Gasteiger partial charge in [0.2, 0.25) is 0 Å². The zero-order valence-corrected chi connectivity index (χ0v) is 19.2. The first-order valence-electron chi connectivity index (χ1n) is 9.54. The lowest BCUT2D eigenvalue weighted by Crippen LogP contribution is -2.18. The first-order valence-corrected chi connectivity index (χ1v) is 10.7. The summed E-state index contributed by atoms with van der Waals surface area (Å²) in [6.45, 7) is 0.527. The fourth-order valence-electron chi connectivity index (χ4n) is 2.94. The molecule has 0 spiro atoms. The molecule has 0 bridgehead atoms. The second kappa shape index (κ2) is 9.80. The zero-order chi connectivity index (χ0) is 23.4. The number of nitro benzene ring substituents is 1. The number of non-ortho nitro benzene ring substituents is 1. The summed E-state index contributed by atoms with van der Waals surface area (Å²) >= 11 is 9.53. The van der Waals surface area contributed by atoms with Crippen LogP contribution in [0.5, 0.6) is 0 Å². The van der Waals surface area contributed by atoms with Crippen molar-refractivity contribution < 1.29 is 14.1 Å². The van der Waals surface area contributed by atoms with Crippen molar-refractivity contribution in [1.82, 2.24) is 15.2 Å². The molecule has 1 amide bonds. The number of carbonyl (C=O) groups excluding carboxylic acids is 1. The van der Waals surface area contributed by atoms with E-state index in [0.717, 1.165) is 10.0 Å². The summed E-state index contributed by atoms with van der Waals surface area (Å²) in [4.78, 5) is 22.8. The second-order valence-corrected chi connectivity index (χ2v) is 8.17. The Kier molecular flexibility index (Phi) is 6.66. The van der Waals surface area contributed by atoms with E-state index in [1.807, 2.05) is 24.3 Å². The molecule has 0 aliphatic rings. The van der Waals surface area contributed by atoms with E-state index in [1.165, 1.54) is 24.4 Å². The van der Waals surface area contributed by atoms with Crippen LogP contribution in [0.4, 0.5) is 5.69 Å². The maximum Gasteiger partial charge on any atom is 0.291 e. The zero-order valence-electron chi connectivity index (χ0n) is 16.8. The van der Waals surface area contributed by atoms with Crippen LogP contribution < -0.4 is 5.43 Å². The van der Waals surface area contributed by atoms with Crippen molar-refractivity contribution in [3.63, 3.8) is 0 Å². The smallest absolute Gasteiger partial charge is 0.291 e. The number of nitrogens with one attached hydrogen (secondary N) is 1. The number of hydrazone groups is 1. The first kappa shape index (κ1) is 22.4. The van der Waals surface area contributed by atoms with E-state index in [9.17, 15) is 14.9 Å². The third kappa shape index (κ3) is 5.54. The summed E-state index contributed by atoms with van der Waals surface area (Å²) in [6, 6.07) is 16.7. The quantitative estimate of drug-likeness (QED) is 0.199. The van der Waals surface area contributed by atoms with Crippen LogP contribution in [-0.2, 0) is 6.54 Å². The van der Waals surface area contributed by atoms with Crippen LogP contribution in [0.15, 0.2) is 80.9 Å². The Hall–Kier alpha value is -3.76. The van der Waals surface area contributed by atoms with E-state index in [0.29, 0.717) is 28.7 Å². The molecule has 2 heterocycles. The maximum atomic E-state index is 12.3. The minimum Gasteiger partial charge on any atom is -0.455 e. The van der Waals surface area contributed by atoms with Crippen molar-refractivity contribution in [1.29, 1.82) is 0 Å². The highest BCUT2D eigenvalue weighted by Crippen LogP contribution is 2.32. The van der Waals surface area contributed by atoms with Gasteiger partial charge in [0.1, 0.15) is 11.5 Å². The average Bonchev–Trinajstić information content (AvgIpc) is 3.45. The highest BCUT2D eigenvalue weighted by atomic mass is 79.9. The number of furan rings is 1. The number of benzene rings is 2. The minimum absolute atomic E-state index is 0.104. The van der Waals surface area contributed by atoms with Crippen LogP contribution in [0.1, 0.15) is 21.8 Å². The highest BCUT2D eigenvalue weighted by Gasteiger charge is 2.14. The molecule has 33 heavy (non-hydrogen) atoms. The lowest BCUT2D eigenvalue weighted by molar-refractivity contribution is -0.384. The molecule has 0 aliphatic heterocycles. The largest absolute Gasteiger partial charge is 0.455 e. The van der Waals surface area contributed by atoms with Crippen LogP contribution in [0.2, 0.25) is 5.02 Å². The lowest BCUT2D eigenvalue weighted by Gasteiger charge is -2.02. The molecule has 0 atom stereocenters. The van der Waals surface area contributed by atoms with Gasteiger partial charge in [-0.25, -0.2) is 5.43 Å². The average molecular weight is 529 g/mol. The fourth-order valence-corrected chi connectivity index (χ4v) is 3.42. The lowest BCUT2D eigenvalue weighted by atomic mass is 10.1. The molecule has 2 aromatic carbocycles. The van der Waals surface area contributed by atoms with Crippen LogP contribution in [0.3, 0.4) is 0 Å². The minimum atomic E-state index is -0.513. The van der Waals surface area contributed by atoms with Crippen LogP contribution in [0, 0.1) is 10.1 Å². The third-order valence-electron chi connectivity index (χ3n) is 4.54. The number of rotatable bonds is 7. The number of halogens is 2. The molecular formula is C22H15BrClN5O4. The van der Waals surface area contributed by atoms with Gasteiger partial charge in [0.05, 0.1) is 22.7 Å². The molecule has 0 fully saturated rings. The van der Waals surface area contributed by atoms with Crippen LogP contribution >= 0.6 is 27.5 Å². The maximum absolute atomic E-state index is 12.3. The summed E-state index contributed by atoms with van der Waals surface area (Å²) in [5.74, 6) is 0.186. The molecule has 166 valence electrons. The van der Waals surface area contributed by atoms with Gasteiger partial charge in [-0.1, -0.05) is 39.7 Å². The molecule has 0 unspecified atom stereocenters. The number of aromatic nitrogens is 2. The Labute approximate surface area is 200 Å². The molecule has 11 heteroatoms. The highest BCUT2D eigenvalue weighted by molar-refractivity contribution is 9.10. The first-order chi connectivity index (χ1) is 15.9. The second-order valence-electron chi connectivity index (χ2n) is 6.85. The standard InChI is InChI=1S/C22H15BrClN5O4/c23-15-3-1-14(2-4-15)13-28-10-9-20(27-28)22(30)26-25-12-17-6-8-21(33-17)18-11-16(29(31)32)5-7-19(18)24/h1-12H,13H2,(H,26,30). The molecule has 9 nitrogen and oxygen atoms in total. The Balaban J connectivity index is 1.38. The normalized spacial score (nSPS) is 11.1. The molecule has 0 aliphatic carbocycles. The molecule has 1 N–H and O–H groups in total. The van der Waals surface area contributed by atoms with E-state index in [-0.39, 0.29) is 11.4 Å². The summed E-state index contributed by atoms with van der Waals surface area (Å²) in [7, 11) is 0. The molecule has 2 aromatic heterocycles. The molecule has 4 aromatic rings. The summed E-state index contributed by atoms with van der Waals surface area (Å²) < 4.78 is 8.26. The van der Waals surface area contributed by atoms with E-state index < -0.39 is 10.8 Å². The van der Waals surface area contributed by atoms with Gasteiger partial charge in [-0.05, 0) is 42.0 Å². The van der Waals surface area contributed by atoms with E-state index >= 15 is 0 Å². The van der Waals surface area contributed by atoms with Gasteiger partial charge < -0.3 is 4.42 Å². The molecular weight excluding hydrogens is 514 g/mol. The van der Waals surface area contributed by atoms with E-state index in [4.69, 9.17) is 16.0 Å². The number of nitro groups is 1. The van der Waals surface area contributed by atoms with Crippen molar-refractivity contribution in [2.45, 2.75) is 6.54 Å². The number of hydrogen-bond donors (Lipinski definition) is 1. The van der Waals surface area contributed by atoms with E-state index in [1.54, 1.807) is 29.1 Å². The van der Waals surface area contributed by atoms with Crippen molar-refractivity contribution in [3.05, 3.63) is 103 Å². The van der Waals surface area contributed by atoms with Gasteiger partial charge in [0, 0.05) is 28.4 Å². The van der Waals surface area contributed by atoms with Gasteiger partial charge in [-0.2, -0.15) is 10.2 Å². The van der Waals surface area contributed by atoms with Crippen molar-refractivity contribution in [2.24, 2.45) is 5.10 Å². The number of nitrogens with zero attached hydrogens (tertiary/aromatic N) is 4. The summed E-state index contributed by atoms with van der Waals surface area (Å²) in [5, 5.41) is 19.4. The Morgan fingerprint density at radius 1 is 1.21 bits per heavy atom. The fraction of sp³-hybridized carbons (Fsp3) is 0.0455. The van der Waals surface area contributed by atoms with Gasteiger partial charge in [0.15, 0.2) is 5.69 Å². The molecule has 4 rings (SSSR count). The summed E-state index contributed by atoms with van der Waals surface area (Å²) in [6.07, 6.45) is 3.02. The van der Waals surface area contributed by atoms with Gasteiger partial charge in [-0.3, -0.25) is 19.6 Å². The Morgan fingerprint density at radius 3 is 2.76 bits per heavy atom. The predicted molar refractivity (Wildman–Crippen MR) is 126 cm³/mol. The number of hydrogen-bond acceptors (Lipinski definition) is 6. The van der Waals surface area contributed by atoms with Crippen molar-refractivity contribution in [2.75, 3.05) is 0 Å². The SMILES string of the molecule is O=C(NN=Cc1ccc(-c2cc([N+](=O)[O-])ccc2Cl)o1)c1ccn(Cc2ccc(Br)cc2)n1. The van der Waals surface area contributed by atoms with Crippen molar-refractivity contribution in [3.8, 4) is 11.3 Å². The van der Waals surface area contributed by atoms with E-state index in [2.05, 4.69) is 31.6 Å². The molecule has 0 saturated heterocycles. The molecule has 0 radical (unpaired) electrons. The van der Waals surface area contributed by atoms with Crippen molar-refractivity contribution >= 4 is 45.3 Å². The van der Waals surface area contributed by atoms with Gasteiger partial charge in [-0.15, -0.1) is 0 Å². The topological polar surface area (TPSA) is 116 Å². The van der Waals surface area contributed by atoms with Gasteiger partial charge >= 0.3 is 0 Å². The Bertz CT molecular complexity index is 1350. The predicted octanol–water partition coefficient (Wildman–Crippen LogP) is 5.28. The van der Waals surface area contributed by atoms with Crippen LogP contribution in [-0.4, -0.2) is 26.8 Å². The monoisotopic (exact) mass is 527 g/mol. The number of carbonyl (C=O) groups is 1. The number of amides is 1. The summed E-state index contributed by atoms with van der Waals surface area (Å²) in [5.41, 5.74) is 3.93. The third-order valence-corrected chi connectivity index (χ3v) is 5.40. The Morgan fingerprint density at radius 2 is 2.00 bits per heavy atom. The molecule has 0 saturated carbocycles. The van der Waals surface area contributed by atoms with Crippen LogP contribution in [0.25, 0.3) is 11.3 Å². The van der Waals surface area contributed by atoms with Gasteiger partial charge in [0.25, 0.3) is 11.6 Å².